The van der Waals surface area contributed by atoms with Gasteiger partial charge in [0.25, 0.3) is 0 Å². The van der Waals surface area contributed by atoms with Crippen LogP contribution in [0.2, 0.25) is 0 Å². The number of benzene rings is 1. The second-order valence-corrected chi connectivity index (χ2v) is 9.43. The molecule has 4 N–H and O–H groups in total. The molecule has 1 radical (unpaired) electrons. The van der Waals surface area contributed by atoms with Gasteiger partial charge in [-0.3, -0.25) is 0 Å². The first-order valence-corrected chi connectivity index (χ1v) is 12.1. The molecule has 1 aromatic carbocycles. The Kier molecular flexibility index (Phi) is 6.42. The normalized spacial score (nSPS) is 14.3. The number of amides is 1. The van der Waals surface area contributed by atoms with E-state index < -0.39 is 14.8 Å². The van der Waals surface area contributed by atoms with Crippen LogP contribution in [0.5, 0.6) is 5.75 Å². The molecule has 33 heavy (non-hydrogen) atoms. The van der Waals surface area contributed by atoms with Crippen LogP contribution in [-0.2, 0) is 4.74 Å². The minimum atomic E-state index is -4.02. The number of fused-ring (bicyclic) bond motifs is 1. The summed E-state index contributed by atoms with van der Waals surface area (Å²) in [5, 5.41) is 6.04. The first-order chi connectivity index (χ1) is 15.8. The van der Waals surface area contributed by atoms with Gasteiger partial charge < -0.3 is 4.74 Å². The number of ether oxygens (including phenoxy) is 2. The fourth-order valence-corrected chi connectivity index (χ4v) is 4.66. The van der Waals surface area contributed by atoms with Gasteiger partial charge in [-0.1, -0.05) is 0 Å². The Labute approximate surface area is 194 Å². The van der Waals surface area contributed by atoms with Crippen molar-refractivity contribution in [2.75, 3.05) is 37.9 Å². The summed E-state index contributed by atoms with van der Waals surface area (Å²) < 4.78 is 39.3. The summed E-state index contributed by atoms with van der Waals surface area (Å²) in [6, 6.07) is 6.53. The zero-order chi connectivity index (χ0) is 23.6. The SMILES string of the molecule is COc1ccc(C(=O)NC2(C)COC2)cc1NCC#Cc1cc2c(N)nccn2c1[Se](F)F. The van der Waals surface area contributed by atoms with Gasteiger partial charge in [0.05, 0.1) is 13.2 Å². The molecule has 8 nitrogen and oxygen atoms in total. The predicted octanol–water partition coefficient (Wildman–Crippen LogP) is 1.54. The van der Waals surface area contributed by atoms with E-state index in [4.69, 9.17) is 15.2 Å². The van der Waals surface area contributed by atoms with Gasteiger partial charge in [-0.05, 0) is 6.92 Å². The molecule has 173 valence electrons. The number of rotatable bonds is 6. The van der Waals surface area contributed by atoms with Crippen LogP contribution in [0.4, 0.5) is 18.6 Å². The van der Waals surface area contributed by atoms with Crippen LogP contribution in [0.1, 0.15) is 22.8 Å². The molecule has 1 aliphatic rings. The van der Waals surface area contributed by atoms with Crippen molar-refractivity contribution in [3.05, 3.63) is 47.8 Å². The second-order valence-electron chi connectivity index (χ2n) is 7.72. The van der Waals surface area contributed by atoms with Crippen molar-refractivity contribution in [1.82, 2.24) is 14.7 Å². The number of nitrogens with two attached hydrogens (primary N) is 1. The van der Waals surface area contributed by atoms with Crippen molar-refractivity contribution in [1.29, 1.82) is 0 Å². The number of anilines is 2. The van der Waals surface area contributed by atoms with Crippen molar-refractivity contribution in [2.45, 2.75) is 12.5 Å². The van der Waals surface area contributed by atoms with Gasteiger partial charge in [0.1, 0.15) is 0 Å². The molecule has 0 saturated carbocycles. The van der Waals surface area contributed by atoms with Crippen LogP contribution in [0.15, 0.2) is 36.7 Å². The summed E-state index contributed by atoms with van der Waals surface area (Å²) in [5.41, 5.74) is 7.08. The van der Waals surface area contributed by atoms with E-state index in [9.17, 15) is 11.9 Å². The molecule has 0 spiro atoms. The molecule has 11 heteroatoms. The summed E-state index contributed by atoms with van der Waals surface area (Å²) in [6.07, 6.45) is 2.84. The fraction of sp³-hybridized carbons (Fsp3) is 0.273. The number of nitrogens with one attached hydrogen (secondary N) is 2. The number of carbonyl (C=O) groups is 1. The second kappa shape index (κ2) is 9.27. The van der Waals surface area contributed by atoms with E-state index in [1.54, 1.807) is 18.2 Å². The van der Waals surface area contributed by atoms with Crippen molar-refractivity contribution in [3.8, 4) is 17.6 Å². The summed E-state index contributed by atoms with van der Waals surface area (Å²) in [4.78, 5) is 16.5. The molecule has 3 aromatic rings. The van der Waals surface area contributed by atoms with Crippen molar-refractivity contribution in [3.63, 3.8) is 0 Å². The van der Waals surface area contributed by atoms with Crippen LogP contribution < -0.4 is 25.7 Å². The summed E-state index contributed by atoms with van der Waals surface area (Å²) in [5.74, 6) is 6.13. The molecule has 1 fully saturated rings. The van der Waals surface area contributed by atoms with E-state index in [0.717, 1.165) is 0 Å². The monoisotopic (exact) mass is 522 g/mol. The summed E-state index contributed by atoms with van der Waals surface area (Å²) in [6.45, 7) is 3.00. The van der Waals surface area contributed by atoms with E-state index in [1.165, 1.54) is 30.0 Å². The quantitative estimate of drug-likeness (QED) is 0.336. The molecule has 0 aliphatic carbocycles. The van der Waals surface area contributed by atoms with Gasteiger partial charge in [0, 0.05) is 0 Å². The third-order valence-electron chi connectivity index (χ3n) is 5.14. The number of nitrogen functional groups attached to an aromatic ring is 1. The summed E-state index contributed by atoms with van der Waals surface area (Å²) in [7, 11) is 1.52. The van der Waals surface area contributed by atoms with Crippen molar-refractivity contribution >= 4 is 42.3 Å². The Bertz CT molecular complexity index is 1260. The molecular weight excluding hydrogens is 499 g/mol. The molecule has 0 bridgehead atoms. The zero-order valence-electron chi connectivity index (χ0n) is 17.9. The topological polar surface area (TPSA) is 103 Å². The third kappa shape index (κ3) is 4.73. The van der Waals surface area contributed by atoms with Crippen molar-refractivity contribution in [2.24, 2.45) is 0 Å². The Morgan fingerprint density at radius 1 is 1.39 bits per heavy atom. The molecule has 1 saturated heterocycles. The summed E-state index contributed by atoms with van der Waals surface area (Å²) >= 11 is -4.02. The van der Waals surface area contributed by atoms with Crippen LogP contribution in [0, 0.1) is 11.8 Å². The van der Waals surface area contributed by atoms with E-state index in [0.29, 0.717) is 35.7 Å². The minimum absolute atomic E-state index is 0.115. The Morgan fingerprint density at radius 2 is 2.18 bits per heavy atom. The van der Waals surface area contributed by atoms with E-state index in [1.807, 2.05) is 6.92 Å². The molecule has 0 atom stereocenters. The van der Waals surface area contributed by atoms with E-state index >= 15 is 0 Å². The third-order valence-corrected chi connectivity index (χ3v) is 6.62. The number of nitrogens with zero attached hydrogens (tertiary/aromatic N) is 2. The molecule has 0 unspecified atom stereocenters. The average Bonchev–Trinajstić information content (AvgIpc) is 3.15. The van der Waals surface area contributed by atoms with Gasteiger partial charge in [0.15, 0.2) is 0 Å². The van der Waals surface area contributed by atoms with E-state index in [2.05, 4.69) is 27.5 Å². The van der Waals surface area contributed by atoms with Crippen LogP contribution >= 0.6 is 0 Å². The first kappa shape index (κ1) is 22.9. The Balaban J connectivity index is 1.52. The van der Waals surface area contributed by atoms with Crippen LogP contribution in [0.3, 0.4) is 0 Å². The molecule has 4 rings (SSSR count). The number of carbonyl (C=O) groups excluding carboxylic acids is 1. The van der Waals surface area contributed by atoms with Crippen LogP contribution in [0.25, 0.3) is 5.52 Å². The van der Waals surface area contributed by atoms with Crippen molar-refractivity contribution < 1.29 is 21.4 Å². The fourth-order valence-electron chi connectivity index (χ4n) is 3.44. The maximum atomic E-state index is 13.8. The van der Waals surface area contributed by atoms with Gasteiger partial charge in [-0.25, -0.2) is 0 Å². The molecule has 2 aromatic heterocycles. The standard InChI is InChI=1S/C22H22F2N5O3Se/c1-22(12-32-13-22)28-20(30)14-5-6-18(31-2)16(10-14)26-7-3-4-15-11-17-19(25)27-8-9-29(17)21(15)33(23)24/h5-6,8-11,26H,7,12-13H2,1-2H3,(H2,25,27)(H,28,30). The Hall–Kier alpha value is -3.32. The van der Waals surface area contributed by atoms with Gasteiger partial charge >= 0.3 is 169 Å². The molecule has 1 amide bonds. The van der Waals surface area contributed by atoms with Gasteiger partial charge in [-0.2, -0.15) is 0 Å². The maximum absolute atomic E-state index is 13.8. The molecule has 1 aliphatic heterocycles. The van der Waals surface area contributed by atoms with Gasteiger partial charge in [0.2, 0.25) is 0 Å². The number of halogens is 2. The molecular formula is C22H22F2N5O3Se. The van der Waals surface area contributed by atoms with Gasteiger partial charge in [-0.15, -0.1) is 0 Å². The zero-order valence-corrected chi connectivity index (χ0v) is 19.7. The predicted molar refractivity (Wildman–Crippen MR) is 122 cm³/mol. The first-order valence-electron chi connectivity index (χ1n) is 9.95. The number of aromatic nitrogens is 2. The average molecular weight is 521 g/mol. The molecule has 3 heterocycles. The van der Waals surface area contributed by atoms with Crippen LogP contribution in [-0.4, -0.2) is 62.5 Å². The van der Waals surface area contributed by atoms with E-state index in [-0.39, 0.29) is 34.0 Å². The number of hydrogen-bond acceptors (Lipinski definition) is 6. The Morgan fingerprint density at radius 3 is 2.85 bits per heavy atom. The number of methoxy groups -OCH3 is 1. The number of hydrogen-bond donors (Lipinski definition) is 3.